The van der Waals surface area contributed by atoms with Gasteiger partial charge in [0.1, 0.15) is 0 Å². The first kappa shape index (κ1) is 9.13. The number of allylic oxidation sites excluding steroid dienone is 1. The van der Waals surface area contributed by atoms with Gasteiger partial charge in [-0.05, 0) is 24.0 Å². The van der Waals surface area contributed by atoms with Gasteiger partial charge in [0.05, 0.1) is 0 Å². The summed E-state index contributed by atoms with van der Waals surface area (Å²) in [5.41, 5.74) is 3.17. The number of nitrogens with zero attached hydrogens (tertiary/aromatic N) is 1. The van der Waals surface area contributed by atoms with Gasteiger partial charge in [0.15, 0.2) is 0 Å². The molecule has 1 heterocycles. The van der Waals surface area contributed by atoms with Crippen LogP contribution < -0.4 is 5.84 Å². The van der Waals surface area contributed by atoms with Crippen molar-refractivity contribution in [3.05, 3.63) is 41.5 Å². The molecule has 2 aliphatic rings. The maximum absolute atomic E-state index is 5.81. The Kier molecular flexibility index (Phi) is 1.94. The summed E-state index contributed by atoms with van der Waals surface area (Å²) in [5.74, 6) is 5.81. The van der Waals surface area contributed by atoms with Crippen LogP contribution in [0.4, 0.5) is 0 Å². The first-order valence-electron chi connectivity index (χ1n) is 5.59. The quantitative estimate of drug-likeness (QED) is 0.648. The van der Waals surface area contributed by atoms with E-state index in [0.717, 1.165) is 25.9 Å². The molecule has 0 amide bonds. The average Bonchev–Trinajstić information content (AvgIpc) is 2.63. The first-order valence-corrected chi connectivity index (χ1v) is 5.59. The number of nitrogens with two attached hydrogens (primary N) is 1. The van der Waals surface area contributed by atoms with Gasteiger partial charge in [0.2, 0.25) is 0 Å². The lowest BCUT2D eigenvalue weighted by atomic mass is 9.75. The van der Waals surface area contributed by atoms with Crippen molar-refractivity contribution >= 4 is 6.08 Å². The topological polar surface area (TPSA) is 29.3 Å². The normalized spacial score (nSPS) is 23.3. The summed E-state index contributed by atoms with van der Waals surface area (Å²) < 4.78 is 0. The van der Waals surface area contributed by atoms with Gasteiger partial charge in [-0.25, -0.2) is 5.01 Å². The molecular weight excluding hydrogens is 184 g/mol. The minimum Gasteiger partial charge on any atom is -0.269 e. The van der Waals surface area contributed by atoms with Crippen LogP contribution in [0, 0.1) is 0 Å². The average molecular weight is 200 g/mol. The lowest BCUT2D eigenvalue weighted by molar-refractivity contribution is 0.188. The van der Waals surface area contributed by atoms with E-state index in [2.05, 4.69) is 36.4 Å². The van der Waals surface area contributed by atoms with Crippen molar-refractivity contribution in [2.45, 2.75) is 18.3 Å². The second-order valence-corrected chi connectivity index (χ2v) is 4.61. The molecule has 1 aromatic carbocycles. The third-order valence-electron chi connectivity index (χ3n) is 3.77. The Hall–Kier alpha value is -1.12. The van der Waals surface area contributed by atoms with Gasteiger partial charge in [-0.2, -0.15) is 0 Å². The molecule has 0 saturated carbocycles. The minimum atomic E-state index is 0.284. The van der Waals surface area contributed by atoms with Crippen LogP contribution in [0.3, 0.4) is 0 Å². The Balaban J connectivity index is 1.99. The van der Waals surface area contributed by atoms with Gasteiger partial charge in [-0.3, -0.25) is 5.84 Å². The molecule has 0 aromatic heterocycles. The number of benzene rings is 1. The fourth-order valence-corrected chi connectivity index (χ4v) is 2.79. The highest BCUT2D eigenvalue weighted by Crippen LogP contribution is 2.42. The highest BCUT2D eigenvalue weighted by molar-refractivity contribution is 5.65. The summed E-state index contributed by atoms with van der Waals surface area (Å²) in [6, 6.07) is 8.72. The monoisotopic (exact) mass is 200 g/mol. The predicted octanol–water partition coefficient (Wildman–Crippen LogP) is 1.92. The number of hydrogen-bond acceptors (Lipinski definition) is 2. The minimum absolute atomic E-state index is 0.284. The first-order chi connectivity index (χ1) is 7.30. The number of rotatable bonds is 0. The second-order valence-electron chi connectivity index (χ2n) is 4.61. The van der Waals surface area contributed by atoms with Crippen molar-refractivity contribution in [2.75, 3.05) is 13.1 Å². The number of fused-ring (bicyclic) bond motifs is 2. The SMILES string of the molecule is NN1CCC2(C=Cc3ccccc32)CC1. The van der Waals surface area contributed by atoms with Crippen molar-refractivity contribution in [2.24, 2.45) is 5.84 Å². The zero-order valence-corrected chi connectivity index (χ0v) is 8.82. The standard InChI is InChI=1S/C13H16N2/c14-15-9-7-13(8-10-15)6-5-11-3-1-2-4-12(11)13/h1-6H,7-10,14H2. The largest absolute Gasteiger partial charge is 0.269 e. The highest BCUT2D eigenvalue weighted by atomic mass is 15.4. The maximum Gasteiger partial charge on any atom is 0.0166 e. The molecule has 1 spiro atoms. The number of hydrogen-bond donors (Lipinski definition) is 1. The molecule has 1 aliphatic heterocycles. The lowest BCUT2D eigenvalue weighted by Gasteiger charge is -2.37. The second kappa shape index (κ2) is 3.19. The Morgan fingerprint density at radius 1 is 1.13 bits per heavy atom. The van der Waals surface area contributed by atoms with Crippen LogP contribution in [0.1, 0.15) is 24.0 Å². The molecule has 1 aliphatic carbocycles. The Labute approximate surface area is 90.4 Å². The van der Waals surface area contributed by atoms with Crippen molar-refractivity contribution in [1.82, 2.24) is 5.01 Å². The van der Waals surface area contributed by atoms with Gasteiger partial charge >= 0.3 is 0 Å². The fourth-order valence-electron chi connectivity index (χ4n) is 2.79. The van der Waals surface area contributed by atoms with E-state index in [9.17, 15) is 0 Å². The smallest absolute Gasteiger partial charge is 0.0166 e. The molecule has 2 N–H and O–H groups in total. The molecule has 3 rings (SSSR count). The summed E-state index contributed by atoms with van der Waals surface area (Å²) in [6.07, 6.45) is 6.94. The van der Waals surface area contributed by atoms with Gasteiger partial charge < -0.3 is 0 Å². The molecule has 1 aromatic rings. The van der Waals surface area contributed by atoms with Crippen LogP contribution in [0.2, 0.25) is 0 Å². The van der Waals surface area contributed by atoms with Crippen LogP contribution in [-0.4, -0.2) is 18.1 Å². The lowest BCUT2D eigenvalue weighted by Crippen LogP contribution is -2.44. The van der Waals surface area contributed by atoms with E-state index >= 15 is 0 Å². The highest BCUT2D eigenvalue weighted by Gasteiger charge is 2.36. The Morgan fingerprint density at radius 2 is 1.87 bits per heavy atom. The molecule has 0 unspecified atom stereocenters. The van der Waals surface area contributed by atoms with Crippen molar-refractivity contribution < 1.29 is 0 Å². The summed E-state index contributed by atoms with van der Waals surface area (Å²) >= 11 is 0. The summed E-state index contributed by atoms with van der Waals surface area (Å²) in [7, 11) is 0. The summed E-state index contributed by atoms with van der Waals surface area (Å²) in [5, 5.41) is 1.93. The molecule has 0 radical (unpaired) electrons. The molecule has 1 fully saturated rings. The molecule has 0 bridgehead atoms. The van der Waals surface area contributed by atoms with E-state index in [1.54, 1.807) is 0 Å². The van der Waals surface area contributed by atoms with Crippen molar-refractivity contribution in [3.8, 4) is 0 Å². The van der Waals surface area contributed by atoms with Gasteiger partial charge in [-0.15, -0.1) is 0 Å². The Morgan fingerprint density at radius 3 is 2.67 bits per heavy atom. The Bertz CT molecular complexity index is 401. The van der Waals surface area contributed by atoms with E-state index in [1.807, 2.05) is 5.01 Å². The van der Waals surface area contributed by atoms with Gasteiger partial charge in [0, 0.05) is 18.5 Å². The van der Waals surface area contributed by atoms with Crippen LogP contribution in [0.25, 0.3) is 6.08 Å². The van der Waals surface area contributed by atoms with Gasteiger partial charge in [-0.1, -0.05) is 36.4 Å². The van der Waals surface area contributed by atoms with Crippen LogP contribution >= 0.6 is 0 Å². The predicted molar refractivity (Wildman–Crippen MR) is 62.1 cm³/mol. The molecule has 78 valence electrons. The van der Waals surface area contributed by atoms with E-state index in [4.69, 9.17) is 5.84 Å². The summed E-state index contributed by atoms with van der Waals surface area (Å²) in [6.45, 7) is 2.00. The molecule has 0 atom stereocenters. The number of piperidine rings is 1. The van der Waals surface area contributed by atoms with Crippen molar-refractivity contribution in [3.63, 3.8) is 0 Å². The zero-order chi connectivity index (χ0) is 10.3. The van der Waals surface area contributed by atoms with Crippen molar-refractivity contribution in [1.29, 1.82) is 0 Å². The number of hydrazine groups is 1. The molecule has 2 heteroatoms. The molecule has 15 heavy (non-hydrogen) atoms. The van der Waals surface area contributed by atoms with E-state index in [1.165, 1.54) is 11.1 Å². The van der Waals surface area contributed by atoms with Crippen LogP contribution in [-0.2, 0) is 5.41 Å². The van der Waals surface area contributed by atoms with E-state index in [-0.39, 0.29) is 5.41 Å². The van der Waals surface area contributed by atoms with Crippen LogP contribution in [0.5, 0.6) is 0 Å². The molecular formula is C13H16N2. The molecule has 2 nitrogen and oxygen atoms in total. The zero-order valence-electron chi connectivity index (χ0n) is 8.82. The summed E-state index contributed by atoms with van der Waals surface area (Å²) in [4.78, 5) is 0. The van der Waals surface area contributed by atoms with Gasteiger partial charge in [0.25, 0.3) is 0 Å². The maximum atomic E-state index is 5.81. The van der Waals surface area contributed by atoms with E-state index in [0.29, 0.717) is 0 Å². The third kappa shape index (κ3) is 1.33. The molecule has 1 saturated heterocycles. The third-order valence-corrected chi connectivity index (χ3v) is 3.77. The van der Waals surface area contributed by atoms with Crippen LogP contribution in [0.15, 0.2) is 30.3 Å². The fraction of sp³-hybridized carbons (Fsp3) is 0.385. The van der Waals surface area contributed by atoms with E-state index < -0.39 is 0 Å².